The third-order valence-corrected chi connectivity index (χ3v) is 3.43. The van der Waals surface area contributed by atoms with Crippen molar-refractivity contribution in [2.24, 2.45) is 0 Å². The zero-order valence-electron chi connectivity index (χ0n) is 7.51. The van der Waals surface area contributed by atoms with Crippen molar-refractivity contribution in [3.8, 4) is 0 Å². The maximum Gasteiger partial charge on any atom is 0.0795 e. The number of benzene rings is 1. The molecular weight excluding hydrogens is 212 g/mol. The number of nitrogen functional groups attached to an aromatic ring is 1. The fraction of sp³-hybridized carbons (Fsp3) is 0.100. The summed E-state index contributed by atoms with van der Waals surface area (Å²) >= 11 is 3.41. The summed E-state index contributed by atoms with van der Waals surface area (Å²) in [6.07, 6.45) is 0. The second kappa shape index (κ2) is 4.48. The Kier molecular flexibility index (Phi) is 3.06. The van der Waals surface area contributed by atoms with Crippen LogP contribution in [0.2, 0.25) is 0 Å². The predicted molar refractivity (Wildman–Crippen MR) is 62.5 cm³/mol. The third kappa shape index (κ3) is 2.49. The van der Waals surface area contributed by atoms with Crippen LogP contribution in [-0.4, -0.2) is 4.98 Å². The average molecular weight is 222 g/mol. The molecular formula is C10H10N2S2. The Balaban J connectivity index is 1.95. The van der Waals surface area contributed by atoms with Crippen molar-refractivity contribution in [1.82, 2.24) is 4.98 Å². The minimum atomic E-state index is 0.808. The van der Waals surface area contributed by atoms with Crippen LogP contribution in [0.5, 0.6) is 0 Å². The maximum absolute atomic E-state index is 5.60. The Bertz CT molecular complexity index is 381. The van der Waals surface area contributed by atoms with E-state index in [1.807, 2.05) is 29.8 Å². The van der Waals surface area contributed by atoms with Gasteiger partial charge in [0.1, 0.15) is 0 Å². The molecule has 0 aliphatic rings. The smallest absolute Gasteiger partial charge is 0.0795 e. The molecule has 2 nitrogen and oxygen atoms in total. The Morgan fingerprint density at radius 2 is 2.07 bits per heavy atom. The minimum Gasteiger partial charge on any atom is -0.399 e. The number of aromatic nitrogens is 1. The fourth-order valence-electron chi connectivity index (χ4n) is 1.03. The molecule has 2 aromatic rings. The lowest BCUT2D eigenvalue weighted by atomic mass is 10.3. The summed E-state index contributed by atoms with van der Waals surface area (Å²) in [4.78, 5) is 5.45. The van der Waals surface area contributed by atoms with E-state index in [1.165, 1.54) is 4.90 Å². The molecule has 14 heavy (non-hydrogen) atoms. The summed E-state index contributed by atoms with van der Waals surface area (Å²) in [5, 5.41) is 2.07. The van der Waals surface area contributed by atoms with Crippen molar-refractivity contribution in [1.29, 1.82) is 0 Å². The maximum atomic E-state index is 5.60. The standard InChI is InChI=1S/C10H10N2S2/c11-8-1-3-10(4-2-8)14-6-9-5-13-7-12-9/h1-5,7H,6,11H2. The largest absolute Gasteiger partial charge is 0.399 e. The second-order valence-corrected chi connectivity index (χ2v) is 4.60. The van der Waals surface area contributed by atoms with Gasteiger partial charge in [0.05, 0.1) is 11.2 Å². The third-order valence-electron chi connectivity index (χ3n) is 1.75. The molecule has 0 spiro atoms. The van der Waals surface area contributed by atoms with Crippen LogP contribution in [0.4, 0.5) is 5.69 Å². The van der Waals surface area contributed by atoms with Crippen molar-refractivity contribution >= 4 is 28.8 Å². The van der Waals surface area contributed by atoms with Crippen molar-refractivity contribution in [3.63, 3.8) is 0 Å². The highest BCUT2D eigenvalue weighted by Gasteiger charge is 1.97. The van der Waals surface area contributed by atoms with Gasteiger partial charge in [-0.25, -0.2) is 4.98 Å². The topological polar surface area (TPSA) is 38.9 Å². The highest BCUT2D eigenvalue weighted by atomic mass is 32.2. The highest BCUT2D eigenvalue weighted by Crippen LogP contribution is 2.23. The van der Waals surface area contributed by atoms with Crippen LogP contribution in [0.1, 0.15) is 5.69 Å². The van der Waals surface area contributed by atoms with Gasteiger partial charge < -0.3 is 5.73 Å². The van der Waals surface area contributed by atoms with Crippen molar-refractivity contribution in [2.75, 3.05) is 5.73 Å². The van der Waals surface area contributed by atoms with Crippen LogP contribution in [0, 0.1) is 0 Å². The first-order valence-corrected chi connectivity index (χ1v) is 6.13. The average Bonchev–Trinajstić information content (AvgIpc) is 2.70. The molecule has 0 aliphatic carbocycles. The summed E-state index contributed by atoms with van der Waals surface area (Å²) in [5.41, 5.74) is 9.40. The van der Waals surface area contributed by atoms with E-state index in [0.29, 0.717) is 0 Å². The number of rotatable bonds is 3. The summed E-state index contributed by atoms with van der Waals surface area (Å²) in [6, 6.07) is 7.91. The first-order chi connectivity index (χ1) is 6.84. The van der Waals surface area contributed by atoms with Gasteiger partial charge in [-0.3, -0.25) is 0 Å². The molecule has 1 aromatic carbocycles. The first-order valence-electron chi connectivity index (χ1n) is 4.20. The lowest BCUT2D eigenvalue weighted by Gasteiger charge is -1.99. The Morgan fingerprint density at radius 1 is 1.29 bits per heavy atom. The van der Waals surface area contributed by atoms with E-state index in [1.54, 1.807) is 23.1 Å². The molecule has 1 heterocycles. The van der Waals surface area contributed by atoms with Gasteiger partial charge >= 0.3 is 0 Å². The van der Waals surface area contributed by atoms with Gasteiger partial charge in [-0.1, -0.05) is 0 Å². The quantitative estimate of drug-likeness (QED) is 0.641. The lowest BCUT2D eigenvalue weighted by Crippen LogP contribution is -1.83. The molecule has 0 unspecified atom stereocenters. The number of nitrogens with two attached hydrogens (primary N) is 1. The molecule has 0 fully saturated rings. The van der Waals surface area contributed by atoms with E-state index >= 15 is 0 Å². The van der Waals surface area contributed by atoms with Gasteiger partial charge in [-0.15, -0.1) is 23.1 Å². The normalized spacial score (nSPS) is 10.3. The zero-order valence-corrected chi connectivity index (χ0v) is 9.15. The van der Waals surface area contributed by atoms with E-state index < -0.39 is 0 Å². The number of nitrogens with zero attached hydrogens (tertiary/aromatic N) is 1. The number of thioether (sulfide) groups is 1. The summed E-state index contributed by atoms with van der Waals surface area (Å²) in [5.74, 6) is 0.924. The number of hydrogen-bond acceptors (Lipinski definition) is 4. The van der Waals surface area contributed by atoms with Crippen LogP contribution in [0.3, 0.4) is 0 Å². The second-order valence-electron chi connectivity index (χ2n) is 2.84. The number of thiazole rings is 1. The summed E-state index contributed by atoms with van der Waals surface area (Å²) < 4.78 is 0. The molecule has 2 N–H and O–H groups in total. The zero-order chi connectivity index (χ0) is 9.80. The van der Waals surface area contributed by atoms with E-state index in [0.717, 1.165) is 17.1 Å². The highest BCUT2D eigenvalue weighted by molar-refractivity contribution is 7.98. The molecule has 0 radical (unpaired) electrons. The molecule has 2 rings (SSSR count). The van der Waals surface area contributed by atoms with Gasteiger partial charge in [-0.05, 0) is 24.3 Å². The van der Waals surface area contributed by atoms with Crippen LogP contribution in [-0.2, 0) is 5.75 Å². The predicted octanol–water partition coefficient (Wildman–Crippen LogP) is 3.02. The SMILES string of the molecule is Nc1ccc(SCc2cscn2)cc1. The fourth-order valence-corrected chi connectivity index (χ4v) is 2.49. The van der Waals surface area contributed by atoms with Gasteiger partial charge in [0, 0.05) is 21.7 Å². The van der Waals surface area contributed by atoms with Crippen molar-refractivity contribution in [3.05, 3.63) is 40.8 Å². The molecule has 0 bridgehead atoms. The van der Waals surface area contributed by atoms with E-state index in [2.05, 4.69) is 10.4 Å². The Labute approximate surface area is 91.2 Å². The number of hydrogen-bond donors (Lipinski definition) is 1. The minimum absolute atomic E-state index is 0.808. The van der Waals surface area contributed by atoms with Crippen molar-refractivity contribution in [2.45, 2.75) is 10.6 Å². The molecule has 4 heteroatoms. The van der Waals surface area contributed by atoms with Gasteiger partial charge in [-0.2, -0.15) is 0 Å². The van der Waals surface area contributed by atoms with Crippen LogP contribution >= 0.6 is 23.1 Å². The van der Waals surface area contributed by atoms with E-state index in [-0.39, 0.29) is 0 Å². The molecule has 0 saturated carbocycles. The van der Waals surface area contributed by atoms with Gasteiger partial charge in [0.2, 0.25) is 0 Å². The molecule has 1 aromatic heterocycles. The lowest BCUT2D eigenvalue weighted by molar-refractivity contribution is 1.23. The monoisotopic (exact) mass is 222 g/mol. The molecule has 0 atom stereocenters. The summed E-state index contributed by atoms with van der Waals surface area (Å²) in [6.45, 7) is 0. The van der Waals surface area contributed by atoms with Crippen LogP contribution in [0.25, 0.3) is 0 Å². The molecule has 0 saturated heterocycles. The number of anilines is 1. The van der Waals surface area contributed by atoms with Gasteiger partial charge in [0.15, 0.2) is 0 Å². The van der Waals surface area contributed by atoms with E-state index in [4.69, 9.17) is 5.73 Å². The first kappa shape index (κ1) is 9.55. The summed E-state index contributed by atoms with van der Waals surface area (Å²) in [7, 11) is 0. The van der Waals surface area contributed by atoms with E-state index in [9.17, 15) is 0 Å². The molecule has 72 valence electrons. The van der Waals surface area contributed by atoms with Crippen LogP contribution in [0.15, 0.2) is 40.1 Å². The van der Waals surface area contributed by atoms with Gasteiger partial charge in [0.25, 0.3) is 0 Å². The Hall–Kier alpha value is -1.00. The van der Waals surface area contributed by atoms with Crippen LogP contribution < -0.4 is 5.73 Å². The Morgan fingerprint density at radius 3 is 2.71 bits per heavy atom. The molecule has 0 amide bonds. The van der Waals surface area contributed by atoms with Crippen molar-refractivity contribution < 1.29 is 0 Å². The molecule has 0 aliphatic heterocycles.